The van der Waals surface area contributed by atoms with Crippen molar-refractivity contribution in [1.82, 2.24) is 0 Å². The van der Waals surface area contributed by atoms with Crippen LogP contribution in [0.25, 0.3) is 11.0 Å². The van der Waals surface area contributed by atoms with Crippen LogP contribution in [0.1, 0.15) is 15.9 Å². The van der Waals surface area contributed by atoms with Crippen molar-refractivity contribution in [3.8, 4) is 23.0 Å². The van der Waals surface area contributed by atoms with Gasteiger partial charge in [0.15, 0.2) is 17.3 Å². The number of hydrogen-bond acceptors (Lipinski definition) is 8. The summed E-state index contributed by atoms with van der Waals surface area (Å²) in [6.45, 7) is 0. The van der Waals surface area contributed by atoms with Gasteiger partial charge in [-0.3, -0.25) is 14.9 Å². The van der Waals surface area contributed by atoms with Gasteiger partial charge in [0.1, 0.15) is 6.26 Å². The standard InChI is InChI=1S/C19H17NO8/c1-24-13-6-5-11-12(9-28-18(11)16(13)20(22)23)17(21)10-7-14(25-2)19(27-4)15(8-10)26-3/h5-9H,1-4H3. The Morgan fingerprint density at radius 1 is 0.964 bits per heavy atom. The normalized spacial score (nSPS) is 10.6. The Hall–Kier alpha value is -3.75. The Kier molecular flexibility index (Phi) is 5.08. The van der Waals surface area contributed by atoms with Crippen molar-refractivity contribution in [2.45, 2.75) is 0 Å². The SMILES string of the molecule is COc1cc(C(=O)c2coc3c([N+](=O)[O-])c(OC)ccc23)cc(OC)c1OC. The van der Waals surface area contributed by atoms with E-state index in [1.165, 1.54) is 59.0 Å². The summed E-state index contributed by atoms with van der Waals surface area (Å²) in [4.78, 5) is 23.9. The van der Waals surface area contributed by atoms with Gasteiger partial charge >= 0.3 is 5.69 Å². The fraction of sp³-hybridized carbons (Fsp3) is 0.211. The van der Waals surface area contributed by atoms with Gasteiger partial charge in [-0.15, -0.1) is 0 Å². The third kappa shape index (κ3) is 2.96. The first-order chi connectivity index (χ1) is 13.5. The van der Waals surface area contributed by atoms with Gasteiger partial charge in [-0.1, -0.05) is 0 Å². The molecule has 1 heterocycles. The van der Waals surface area contributed by atoms with Crippen LogP contribution < -0.4 is 18.9 Å². The molecular weight excluding hydrogens is 370 g/mol. The molecule has 0 bridgehead atoms. The molecular formula is C19H17NO8. The number of hydrogen-bond donors (Lipinski definition) is 0. The van der Waals surface area contributed by atoms with Crippen molar-refractivity contribution in [3.63, 3.8) is 0 Å². The van der Waals surface area contributed by atoms with Crippen LogP contribution in [-0.4, -0.2) is 39.1 Å². The lowest BCUT2D eigenvalue weighted by atomic mass is 10.0. The van der Waals surface area contributed by atoms with Crippen molar-refractivity contribution >= 4 is 22.4 Å². The van der Waals surface area contributed by atoms with Gasteiger partial charge in [0, 0.05) is 10.9 Å². The highest BCUT2D eigenvalue weighted by Crippen LogP contribution is 2.41. The van der Waals surface area contributed by atoms with Crippen LogP contribution in [0.5, 0.6) is 23.0 Å². The molecule has 9 heteroatoms. The van der Waals surface area contributed by atoms with Crippen LogP contribution in [0.3, 0.4) is 0 Å². The first-order valence-corrected chi connectivity index (χ1v) is 8.04. The maximum atomic E-state index is 13.1. The zero-order chi connectivity index (χ0) is 20.4. The lowest BCUT2D eigenvalue weighted by Crippen LogP contribution is -2.04. The molecule has 0 aliphatic heterocycles. The van der Waals surface area contributed by atoms with E-state index in [0.717, 1.165) is 0 Å². The Labute approximate surface area is 159 Å². The summed E-state index contributed by atoms with van der Waals surface area (Å²) in [5.74, 6) is 0.589. The van der Waals surface area contributed by atoms with Crippen LogP contribution in [-0.2, 0) is 0 Å². The average molecular weight is 387 g/mol. The maximum Gasteiger partial charge on any atom is 0.353 e. The smallest absolute Gasteiger partial charge is 0.353 e. The molecule has 9 nitrogen and oxygen atoms in total. The van der Waals surface area contributed by atoms with Crippen molar-refractivity contribution < 1.29 is 33.1 Å². The third-order valence-corrected chi connectivity index (χ3v) is 4.25. The van der Waals surface area contributed by atoms with Crippen molar-refractivity contribution in [2.75, 3.05) is 28.4 Å². The van der Waals surface area contributed by atoms with Gasteiger partial charge < -0.3 is 23.4 Å². The van der Waals surface area contributed by atoms with E-state index in [-0.39, 0.29) is 28.1 Å². The summed E-state index contributed by atoms with van der Waals surface area (Å²) in [5, 5.41) is 11.7. The number of nitrogens with zero attached hydrogens (tertiary/aromatic N) is 1. The number of carbonyl (C=O) groups is 1. The number of furan rings is 1. The fourth-order valence-corrected chi connectivity index (χ4v) is 2.95. The van der Waals surface area contributed by atoms with Crippen molar-refractivity contribution in [1.29, 1.82) is 0 Å². The van der Waals surface area contributed by atoms with E-state index >= 15 is 0 Å². The number of ketones is 1. The van der Waals surface area contributed by atoms with Crippen LogP contribution in [0.15, 0.2) is 34.9 Å². The minimum absolute atomic E-state index is 0.0404. The molecule has 0 saturated carbocycles. The molecule has 1 aromatic heterocycles. The number of fused-ring (bicyclic) bond motifs is 1. The van der Waals surface area contributed by atoms with Crippen molar-refractivity contribution in [2.24, 2.45) is 0 Å². The van der Waals surface area contributed by atoms with Crippen LogP contribution >= 0.6 is 0 Å². The lowest BCUT2D eigenvalue weighted by molar-refractivity contribution is -0.384. The summed E-state index contributed by atoms with van der Waals surface area (Å²) in [6.07, 6.45) is 1.18. The maximum absolute atomic E-state index is 13.1. The van der Waals surface area contributed by atoms with E-state index in [1.54, 1.807) is 0 Å². The second-order valence-electron chi connectivity index (χ2n) is 5.64. The van der Waals surface area contributed by atoms with Gasteiger partial charge in [0.2, 0.25) is 17.1 Å². The molecule has 0 amide bonds. The first kappa shape index (κ1) is 19.0. The van der Waals surface area contributed by atoms with E-state index < -0.39 is 10.7 Å². The molecule has 0 N–H and O–H groups in total. The summed E-state index contributed by atoms with van der Waals surface area (Å²) in [7, 11) is 5.65. The minimum Gasteiger partial charge on any atom is -0.493 e. The zero-order valence-corrected chi connectivity index (χ0v) is 15.6. The third-order valence-electron chi connectivity index (χ3n) is 4.25. The minimum atomic E-state index is -0.613. The van der Waals surface area contributed by atoms with Crippen LogP contribution in [0, 0.1) is 10.1 Å². The summed E-state index contributed by atoms with van der Waals surface area (Å²) in [5.41, 5.74) is 0.0229. The molecule has 3 rings (SSSR count). The fourth-order valence-electron chi connectivity index (χ4n) is 2.95. The van der Waals surface area contributed by atoms with E-state index in [1.807, 2.05) is 0 Å². The molecule has 0 fully saturated rings. The molecule has 146 valence electrons. The molecule has 0 aliphatic rings. The van der Waals surface area contributed by atoms with E-state index in [0.29, 0.717) is 22.6 Å². The van der Waals surface area contributed by atoms with Gasteiger partial charge in [0.05, 0.1) is 38.9 Å². The number of rotatable bonds is 7. The van der Waals surface area contributed by atoms with E-state index in [2.05, 4.69) is 0 Å². The largest absolute Gasteiger partial charge is 0.493 e. The number of nitro groups is 1. The number of carbonyl (C=O) groups excluding carboxylic acids is 1. The highest BCUT2D eigenvalue weighted by atomic mass is 16.6. The number of benzene rings is 2. The Bertz CT molecular complexity index is 1040. The predicted octanol–water partition coefficient (Wildman–Crippen LogP) is 3.61. The summed E-state index contributed by atoms with van der Waals surface area (Å²) >= 11 is 0. The topological polar surface area (TPSA) is 110 Å². The number of nitro benzene ring substituents is 1. The first-order valence-electron chi connectivity index (χ1n) is 8.04. The second-order valence-corrected chi connectivity index (χ2v) is 5.64. The molecule has 0 atom stereocenters. The molecule has 0 aliphatic carbocycles. The molecule has 2 aromatic carbocycles. The van der Waals surface area contributed by atoms with Gasteiger partial charge in [0.25, 0.3) is 0 Å². The lowest BCUT2D eigenvalue weighted by Gasteiger charge is -2.13. The monoisotopic (exact) mass is 387 g/mol. The summed E-state index contributed by atoms with van der Waals surface area (Å²) < 4.78 is 26.2. The molecule has 0 radical (unpaired) electrons. The van der Waals surface area contributed by atoms with Gasteiger partial charge in [-0.05, 0) is 24.3 Å². The summed E-state index contributed by atoms with van der Waals surface area (Å²) in [6, 6.07) is 5.96. The van der Waals surface area contributed by atoms with E-state index in [4.69, 9.17) is 23.4 Å². The Morgan fingerprint density at radius 2 is 1.57 bits per heavy atom. The molecule has 0 saturated heterocycles. The van der Waals surface area contributed by atoms with Crippen LogP contribution in [0.2, 0.25) is 0 Å². The van der Waals surface area contributed by atoms with Gasteiger partial charge in [-0.25, -0.2) is 0 Å². The molecule has 0 spiro atoms. The highest BCUT2D eigenvalue weighted by molar-refractivity contribution is 6.17. The van der Waals surface area contributed by atoms with E-state index in [9.17, 15) is 14.9 Å². The Morgan fingerprint density at radius 3 is 2.07 bits per heavy atom. The highest BCUT2D eigenvalue weighted by Gasteiger charge is 2.27. The Balaban J connectivity index is 2.17. The number of methoxy groups -OCH3 is 4. The predicted molar refractivity (Wildman–Crippen MR) is 99.0 cm³/mol. The quantitative estimate of drug-likeness (QED) is 0.343. The zero-order valence-electron chi connectivity index (χ0n) is 15.6. The molecule has 28 heavy (non-hydrogen) atoms. The number of ether oxygens (including phenoxy) is 4. The average Bonchev–Trinajstić information content (AvgIpc) is 3.14. The molecule has 0 unspecified atom stereocenters. The molecule has 3 aromatic rings. The van der Waals surface area contributed by atoms with Crippen LogP contribution in [0.4, 0.5) is 5.69 Å². The van der Waals surface area contributed by atoms with Crippen molar-refractivity contribution in [3.05, 3.63) is 51.8 Å². The second kappa shape index (κ2) is 7.47. The van der Waals surface area contributed by atoms with Gasteiger partial charge in [-0.2, -0.15) is 0 Å².